The van der Waals surface area contributed by atoms with Crippen molar-refractivity contribution in [3.05, 3.63) is 65.1 Å². The molecule has 0 N–H and O–H groups in total. The highest BCUT2D eigenvalue weighted by atomic mass is 32.1. The molecule has 1 aromatic carbocycles. The second-order valence-corrected chi connectivity index (χ2v) is 7.06. The molecule has 1 amide bonds. The van der Waals surface area contributed by atoms with Gasteiger partial charge in [0.2, 0.25) is 5.91 Å². The number of nitrogens with zero attached hydrogens (tertiary/aromatic N) is 2. The molecule has 0 bridgehead atoms. The Morgan fingerprint density at radius 2 is 2.15 bits per heavy atom. The molecule has 2 aromatic heterocycles. The van der Waals surface area contributed by atoms with Crippen molar-refractivity contribution >= 4 is 23.3 Å². The van der Waals surface area contributed by atoms with Crippen LogP contribution in [0, 0.1) is 0 Å². The van der Waals surface area contributed by atoms with E-state index in [0.717, 1.165) is 33.3 Å². The van der Waals surface area contributed by atoms with E-state index in [9.17, 15) is 4.79 Å². The van der Waals surface area contributed by atoms with E-state index < -0.39 is 0 Å². The van der Waals surface area contributed by atoms with Crippen molar-refractivity contribution in [3.63, 3.8) is 0 Å². The molecule has 0 unspecified atom stereocenters. The number of amides is 1. The van der Waals surface area contributed by atoms with Gasteiger partial charge in [0.25, 0.3) is 0 Å². The van der Waals surface area contributed by atoms with Gasteiger partial charge in [0, 0.05) is 29.5 Å². The Morgan fingerprint density at radius 3 is 2.88 bits per heavy atom. The highest BCUT2D eigenvalue weighted by molar-refractivity contribution is 7.15. The van der Waals surface area contributed by atoms with Crippen LogP contribution >= 0.6 is 11.3 Å². The lowest BCUT2D eigenvalue weighted by molar-refractivity contribution is -0.126. The average Bonchev–Trinajstić information content (AvgIpc) is 3.35. The van der Waals surface area contributed by atoms with Crippen LogP contribution in [0.3, 0.4) is 0 Å². The molecule has 0 spiro atoms. The minimum absolute atomic E-state index is 0.00792. The number of thiazole rings is 1. The lowest BCUT2D eigenvalue weighted by Crippen LogP contribution is -2.34. The standard InChI is InChI=1S/C20H18N2O3S/c1-24-15-6-4-14(5-7-15)20-21-17-10-11-22(13-18(17)26-20)19(23)9-8-16-3-2-12-25-16/h2-9,12H,10-11,13H2,1H3/b9-8+. The molecule has 26 heavy (non-hydrogen) atoms. The van der Waals surface area contributed by atoms with Crippen LogP contribution in [0.4, 0.5) is 0 Å². The molecule has 0 aliphatic carbocycles. The number of aromatic nitrogens is 1. The monoisotopic (exact) mass is 366 g/mol. The number of hydrogen-bond donors (Lipinski definition) is 0. The molecular weight excluding hydrogens is 348 g/mol. The Labute approximate surface area is 155 Å². The summed E-state index contributed by atoms with van der Waals surface area (Å²) in [6, 6.07) is 11.5. The molecule has 1 aliphatic rings. The second kappa shape index (κ2) is 7.17. The Kier molecular flexibility index (Phi) is 4.58. The minimum Gasteiger partial charge on any atom is -0.497 e. The van der Waals surface area contributed by atoms with Gasteiger partial charge in [0.15, 0.2) is 0 Å². The van der Waals surface area contributed by atoms with Gasteiger partial charge in [0.1, 0.15) is 16.5 Å². The van der Waals surface area contributed by atoms with Crippen LogP contribution in [0.5, 0.6) is 5.75 Å². The Bertz CT molecular complexity index is 927. The Hall–Kier alpha value is -2.86. The van der Waals surface area contributed by atoms with Crippen molar-refractivity contribution in [2.75, 3.05) is 13.7 Å². The lowest BCUT2D eigenvalue weighted by Gasteiger charge is -2.24. The molecule has 0 saturated carbocycles. The van der Waals surface area contributed by atoms with E-state index in [1.54, 1.807) is 42.9 Å². The van der Waals surface area contributed by atoms with Crippen molar-refractivity contribution in [3.8, 4) is 16.3 Å². The zero-order valence-corrected chi connectivity index (χ0v) is 15.2. The largest absolute Gasteiger partial charge is 0.497 e. The summed E-state index contributed by atoms with van der Waals surface area (Å²) in [5, 5.41) is 0.984. The highest BCUT2D eigenvalue weighted by Crippen LogP contribution is 2.32. The fourth-order valence-electron chi connectivity index (χ4n) is 2.89. The number of rotatable bonds is 4. The average molecular weight is 366 g/mol. The molecule has 3 heterocycles. The van der Waals surface area contributed by atoms with E-state index in [2.05, 4.69) is 0 Å². The number of ether oxygens (including phenoxy) is 1. The zero-order valence-electron chi connectivity index (χ0n) is 14.3. The summed E-state index contributed by atoms with van der Waals surface area (Å²) < 4.78 is 10.4. The van der Waals surface area contributed by atoms with Crippen molar-refractivity contribution in [1.29, 1.82) is 0 Å². The van der Waals surface area contributed by atoms with E-state index in [-0.39, 0.29) is 5.91 Å². The molecule has 0 radical (unpaired) electrons. The van der Waals surface area contributed by atoms with Crippen LogP contribution in [-0.4, -0.2) is 29.4 Å². The van der Waals surface area contributed by atoms with Gasteiger partial charge in [-0.25, -0.2) is 4.98 Å². The molecule has 4 rings (SSSR count). The van der Waals surface area contributed by atoms with Crippen LogP contribution in [0.1, 0.15) is 16.3 Å². The van der Waals surface area contributed by atoms with Crippen molar-refractivity contribution in [1.82, 2.24) is 9.88 Å². The number of hydrogen-bond acceptors (Lipinski definition) is 5. The third-order valence-corrected chi connectivity index (χ3v) is 5.44. The first-order chi connectivity index (χ1) is 12.7. The van der Waals surface area contributed by atoms with E-state index in [1.807, 2.05) is 35.2 Å². The summed E-state index contributed by atoms with van der Waals surface area (Å²) >= 11 is 1.65. The maximum Gasteiger partial charge on any atom is 0.247 e. The van der Waals surface area contributed by atoms with Gasteiger partial charge < -0.3 is 14.1 Å². The normalized spacial score (nSPS) is 13.8. The third-order valence-electron chi connectivity index (χ3n) is 4.31. The van der Waals surface area contributed by atoms with Gasteiger partial charge in [-0.1, -0.05) is 0 Å². The van der Waals surface area contributed by atoms with Crippen molar-refractivity contribution < 1.29 is 13.9 Å². The van der Waals surface area contributed by atoms with E-state index in [4.69, 9.17) is 14.1 Å². The number of methoxy groups -OCH3 is 1. The fourth-order valence-corrected chi connectivity index (χ4v) is 4.01. The summed E-state index contributed by atoms with van der Waals surface area (Å²) in [5.41, 5.74) is 2.17. The number of carbonyl (C=O) groups excluding carboxylic acids is 1. The molecule has 0 atom stereocenters. The second-order valence-electron chi connectivity index (χ2n) is 5.98. The van der Waals surface area contributed by atoms with Crippen molar-refractivity contribution in [2.45, 2.75) is 13.0 Å². The predicted octanol–water partition coefficient (Wildman–Crippen LogP) is 4.01. The van der Waals surface area contributed by atoms with Crippen LogP contribution in [-0.2, 0) is 17.8 Å². The summed E-state index contributed by atoms with van der Waals surface area (Å²) in [5.74, 6) is 1.50. The molecular formula is C20H18N2O3S. The maximum atomic E-state index is 12.4. The fraction of sp³-hybridized carbons (Fsp3) is 0.200. The van der Waals surface area contributed by atoms with E-state index >= 15 is 0 Å². The van der Waals surface area contributed by atoms with Gasteiger partial charge in [-0.15, -0.1) is 11.3 Å². The van der Waals surface area contributed by atoms with Gasteiger partial charge >= 0.3 is 0 Å². The molecule has 3 aromatic rings. The van der Waals surface area contributed by atoms with Crippen LogP contribution in [0.25, 0.3) is 16.6 Å². The SMILES string of the molecule is COc1ccc(-c2nc3c(s2)CN(C(=O)/C=C/c2ccco2)CC3)cc1. The van der Waals surface area contributed by atoms with Crippen LogP contribution < -0.4 is 4.74 Å². The van der Waals surface area contributed by atoms with Crippen LogP contribution in [0.2, 0.25) is 0 Å². The third kappa shape index (κ3) is 3.41. The van der Waals surface area contributed by atoms with E-state index in [1.165, 1.54) is 0 Å². The number of fused-ring (bicyclic) bond motifs is 1. The number of carbonyl (C=O) groups is 1. The summed E-state index contributed by atoms with van der Waals surface area (Å²) in [4.78, 5) is 20.2. The molecule has 132 valence electrons. The molecule has 1 aliphatic heterocycles. The van der Waals surface area contributed by atoms with Gasteiger partial charge in [0.05, 0.1) is 25.6 Å². The zero-order chi connectivity index (χ0) is 17.9. The van der Waals surface area contributed by atoms with Crippen molar-refractivity contribution in [2.24, 2.45) is 0 Å². The molecule has 0 fully saturated rings. The molecule has 0 saturated heterocycles. The van der Waals surface area contributed by atoms with Crippen LogP contribution in [0.15, 0.2) is 53.2 Å². The Morgan fingerprint density at radius 1 is 1.31 bits per heavy atom. The first kappa shape index (κ1) is 16.6. The quantitative estimate of drug-likeness (QED) is 0.655. The predicted molar refractivity (Wildman–Crippen MR) is 101 cm³/mol. The van der Waals surface area contributed by atoms with Gasteiger partial charge in [-0.05, 0) is 42.5 Å². The Balaban J connectivity index is 1.48. The highest BCUT2D eigenvalue weighted by Gasteiger charge is 2.23. The smallest absolute Gasteiger partial charge is 0.247 e. The summed E-state index contributed by atoms with van der Waals surface area (Å²) in [6.07, 6.45) is 5.64. The lowest BCUT2D eigenvalue weighted by atomic mass is 10.1. The van der Waals surface area contributed by atoms with E-state index in [0.29, 0.717) is 18.8 Å². The summed E-state index contributed by atoms with van der Waals surface area (Å²) in [6.45, 7) is 1.28. The first-order valence-electron chi connectivity index (χ1n) is 8.36. The van der Waals surface area contributed by atoms with Gasteiger partial charge in [-0.2, -0.15) is 0 Å². The minimum atomic E-state index is -0.00792. The first-order valence-corrected chi connectivity index (χ1v) is 9.18. The number of benzene rings is 1. The number of furan rings is 1. The van der Waals surface area contributed by atoms with Gasteiger partial charge in [-0.3, -0.25) is 4.79 Å². The summed E-state index contributed by atoms with van der Waals surface area (Å²) in [7, 11) is 1.66. The molecule has 5 nitrogen and oxygen atoms in total. The topological polar surface area (TPSA) is 55.6 Å². The maximum absolute atomic E-state index is 12.4. The molecule has 6 heteroatoms.